The van der Waals surface area contributed by atoms with Gasteiger partial charge in [-0.2, -0.15) is 0 Å². The summed E-state index contributed by atoms with van der Waals surface area (Å²) in [4.78, 5) is 2.79. The molecule has 1 nitrogen and oxygen atoms in total. The molecular formula is C16H18ClNS. The predicted molar refractivity (Wildman–Crippen MR) is 83.1 cm³/mol. The lowest BCUT2D eigenvalue weighted by Crippen LogP contribution is -2.10. The van der Waals surface area contributed by atoms with Crippen molar-refractivity contribution in [1.82, 2.24) is 0 Å². The fourth-order valence-corrected chi connectivity index (χ4v) is 4.26. The summed E-state index contributed by atoms with van der Waals surface area (Å²) in [6.07, 6.45) is 6.41. The molecule has 100 valence electrons. The van der Waals surface area contributed by atoms with E-state index in [0.29, 0.717) is 0 Å². The van der Waals surface area contributed by atoms with Crippen LogP contribution in [0, 0.1) is 0 Å². The van der Waals surface area contributed by atoms with Crippen LogP contribution in [0.2, 0.25) is 5.02 Å². The normalized spacial score (nSPS) is 16.7. The molecule has 1 heterocycles. The SMILES string of the molecule is NC(c1cc2c(s1)CCCCC2)c1ccccc1Cl. The quantitative estimate of drug-likeness (QED) is 0.796. The van der Waals surface area contributed by atoms with E-state index < -0.39 is 0 Å². The van der Waals surface area contributed by atoms with Gasteiger partial charge in [0.05, 0.1) is 6.04 Å². The number of fused-ring (bicyclic) bond motifs is 1. The van der Waals surface area contributed by atoms with E-state index in [9.17, 15) is 0 Å². The molecule has 0 fully saturated rings. The Morgan fingerprint density at radius 1 is 1.11 bits per heavy atom. The molecule has 3 rings (SSSR count). The second-order valence-corrected chi connectivity index (χ2v) is 6.73. The van der Waals surface area contributed by atoms with Crippen LogP contribution in [0.25, 0.3) is 0 Å². The Balaban J connectivity index is 1.92. The molecule has 19 heavy (non-hydrogen) atoms. The van der Waals surface area contributed by atoms with Crippen LogP contribution in [-0.2, 0) is 12.8 Å². The summed E-state index contributed by atoms with van der Waals surface area (Å²) in [6, 6.07) is 10.1. The van der Waals surface area contributed by atoms with Crippen LogP contribution in [0.1, 0.15) is 46.2 Å². The van der Waals surface area contributed by atoms with Crippen molar-refractivity contribution in [2.24, 2.45) is 5.73 Å². The maximum absolute atomic E-state index is 6.39. The first-order valence-corrected chi connectivity index (χ1v) is 8.06. The number of benzene rings is 1. The van der Waals surface area contributed by atoms with Crippen molar-refractivity contribution in [3.8, 4) is 0 Å². The zero-order valence-electron chi connectivity index (χ0n) is 10.9. The third-order valence-corrected chi connectivity index (χ3v) is 5.48. The van der Waals surface area contributed by atoms with Crippen LogP contribution in [0.15, 0.2) is 30.3 Å². The van der Waals surface area contributed by atoms with Gasteiger partial charge in [-0.05, 0) is 48.9 Å². The molecule has 2 aromatic rings. The molecule has 0 bridgehead atoms. The molecule has 1 atom stereocenters. The molecule has 1 unspecified atom stereocenters. The van der Waals surface area contributed by atoms with Gasteiger partial charge in [-0.25, -0.2) is 0 Å². The highest BCUT2D eigenvalue weighted by atomic mass is 35.5. The standard InChI is InChI=1S/C16H18ClNS/c17-13-8-5-4-7-12(13)16(18)15-10-11-6-2-1-3-9-14(11)19-15/h4-5,7-8,10,16H,1-3,6,9,18H2. The van der Waals surface area contributed by atoms with Crippen LogP contribution in [0.4, 0.5) is 0 Å². The van der Waals surface area contributed by atoms with Gasteiger partial charge in [0.15, 0.2) is 0 Å². The number of aryl methyl sites for hydroxylation is 2. The monoisotopic (exact) mass is 291 g/mol. The zero-order chi connectivity index (χ0) is 13.2. The Bertz CT molecular complexity index is 552. The number of hydrogen-bond donors (Lipinski definition) is 1. The van der Waals surface area contributed by atoms with E-state index in [4.69, 9.17) is 17.3 Å². The van der Waals surface area contributed by atoms with E-state index in [1.807, 2.05) is 35.6 Å². The number of thiophene rings is 1. The molecule has 3 heteroatoms. The van der Waals surface area contributed by atoms with Gasteiger partial charge in [0.2, 0.25) is 0 Å². The Hall–Kier alpha value is -0.830. The third kappa shape index (κ3) is 2.71. The maximum atomic E-state index is 6.39. The first-order chi connectivity index (χ1) is 9.25. The average Bonchev–Trinajstić information content (AvgIpc) is 2.70. The lowest BCUT2D eigenvalue weighted by Gasteiger charge is -2.11. The predicted octanol–water partition coefficient (Wildman–Crippen LogP) is 4.72. The van der Waals surface area contributed by atoms with E-state index in [0.717, 1.165) is 10.6 Å². The largest absolute Gasteiger partial charge is 0.320 e. The molecule has 2 N–H and O–H groups in total. The van der Waals surface area contributed by atoms with Gasteiger partial charge in [-0.1, -0.05) is 36.2 Å². The van der Waals surface area contributed by atoms with Gasteiger partial charge in [0, 0.05) is 14.8 Å². The summed E-state index contributed by atoms with van der Waals surface area (Å²) in [6.45, 7) is 0. The first-order valence-electron chi connectivity index (χ1n) is 6.87. The van der Waals surface area contributed by atoms with E-state index in [1.165, 1.54) is 47.4 Å². The van der Waals surface area contributed by atoms with Crippen molar-refractivity contribution in [3.63, 3.8) is 0 Å². The average molecular weight is 292 g/mol. The Morgan fingerprint density at radius 3 is 2.74 bits per heavy atom. The van der Waals surface area contributed by atoms with Gasteiger partial charge < -0.3 is 5.73 Å². The molecule has 0 saturated heterocycles. The van der Waals surface area contributed by atoms with E-state index >= 15 is 0 Å². The minimum atomic E-state index is -0.0920. The number of nitrogens with two attached hydrogens (primary N) is 1. The fourth-order valence-electron chi connectivity index (χ4n) is 2.72. The third-order valence-electron chi connectivity index (χ3n) is 3.81. The van der Waals surface area contributed by atoms with Crippen LogP contribution >= 0.6 is 22.9 Å². The minimum Gasteiger partial charge on any atom is -0.320 e. The molecule has 0 aliphatic heterocycles. The molecule has 0 spiro atoms. The van der Waals surface area contributed by atoms with Crippen molar-refractivity contribution in [2.45, 2.75) is 38.1 Å². The van der Waals surface area contributed by atoms with Crippen molar-refractivity contribution in [3.05, 3.63) is 56.2 Å². The summed E-state index contributed by atoms with van der Waals surface area (Å²) in [5.41, 5.74) is 8.94. The van der Waals surface area contributed by atoms with Crippen LogP contribution in [0.3, 0.4) is 0 Å². The van der Waals surface area contributed by atoms with Crippen LogP contribution in [-0.4, -0.2) is 0 Å². The highest BCUT2D eigenvalue weighted by molar-refractivity contribution is 7.12. The summed E-state index contributed by atoms with van der Waals surface area (Å²) in [5.74, 6) is 0. The Kier molecular flexibility index (Phi) is 3.92. The van der Waals surface area contributed by atoms with Crippen molar-refractivity contribution in [1.29, 1.82) is 0 Å². The lowest BCUT2D eigenvalue weighted by atomic mass is 10.0. The molecule has 1 aliphatic carbocycles. The summed E-state index contributed by atoms with van der Waals surface area (Å²) >= 11 is 8.12. The first kappa shape index (κ1) is 13.2. The highest BCUT2D eigenvalue weighted by Gasteiger charge is 2.18. The van der Waals surface area contributed by atoms with E-state index in [2.05, 4.69) is 6.07 Å². The number of halogens is 1. The molecular weight excluding hydrogens is 274 g/mol. The summed E-state index contributed by atoms with van der Waals surface area (Å²) < 4.78 is 0. The van der Waals surface area contributed by atoms with Gasteiger partial charge in [-0.3, -0.25) is 0 Å². The Morgan fingerprint density at radius 2 is 1.89 bits per heavy atom. The van der Waals surface area contributed by atoms with Crippen LogP contribution in [0.5, 0.6) is 0 Å². The van der Waals surface area contributed by atoms with Crippen molar-refractivity contribution >= 4 is 22.9 Å². The summed E-state index contributed by atoms with van der Waals surface area (Å²) in [7, 11) is 0. The highest BCUT2D eigenvalue weighted by Crippen LogP contribution is 2.35. The second-order valence-electron chi connectivity index (χ2n) is 5.16. The Labute approximate surface area is 123 Å². The van der Waals surface area contributed by atoms with Gasteiger partial charge in [0.25, 0.3) is 0 Å². The van der Waals surface area contributed by atoms with Crippen molar-refractivity contribution in [2.75, 3.05) is 0 Å². The molecule has 0 radical (unpaired) electrons. The minimum absolute atomic E-state index is 0.0920. The number of rotatable bonds is 2. The maximum Gasteiger partial charge on any atom is 0.0660 e. The molecule has 1 aliphatic rings. The summed E-state index contributed by atoms with van der Waals surface area (Å²) in [5, 5.41) is 0.763. The van der Waals surface area contributed by atoms with E-state index in [1.54, 1.807) is 0 Å². The van der Waals surface area contributed by atoms with E-state index in [-0.39, 0.29) is 6.04 Å². The van der Waals surface area contributed by atoms with Gasteiger partial charge in [0.1, 0.15) is 0 Å². The topological polar surface area (TPSA) is 26.0 Å². The van der Waals surface area contributed by atoms with Gasteiger partial charge >= 0.3 is 0 Å². The lowest BCUT2D eigenvalue weighted by molar-refractivity contribution is 0.712. The molecule has 0 amide bonds. The smallest absolute Gasteiger partial charge is 0.0660 e. The second kappa shape index (κ2) is 5.66. The molecule has 1 aromatic heterocycles. The zero-order valence-corrected chi connectivity index (χ0v) is 12.4. The number of hydrogen-bond acceptors (Lipinski definition) is 2. The van der Waals surface area contributed by atoms with Gasteiger partial charge in [-0.15, -0.1) is 11.3 Å². The van der Waals surface area contributed by atoms with Crippen molar-refractivity contribution < 1.29 is 0 Å². The molecule has 0 saturated carbocycles. The molecule has 1 aromatic carbocycles. The van der Waals surface area contributed by atoms with Crippen LogP contribution < -0.4 is 5.73 Å². The fraction of sp³-hybridized carbons (Fsp3) is 0.375.